The van der Waals surface area contributed by atoms with Gasteiger partial charge in [0, 0.05) is 4.86 Å². The second kappa shape index (κ2) is 36.8. The minimum Gasteiger partial charge on any atom is -0.465 e. The van der Waals surface area contributed by atoms with Crippen LogP contribution in [0, 0.1) is 0 Å². The molecule has 0 bridgehead atoms. The van der Waals surface area contributed by atoms with E-state index >= 15 is 0 Å². The highest BCUT2D eigenvalue weighted by Gasteiger charge is 2.07. The first-order chi connectivity index (χ1) is 20.7. The van der Waals surface area contributed by atoms with Gasteiger partial charge in [-0.1, -0.05) is 219 Å². The lowest BCUT2D eigenvalue weighted by atomic mass is 10.0. The second-order valence-corrected chi connectivity index (χ2v) is 13.9. The van der Waals surface area contributed by atoms with E-state index in [-0.39, 0.29) is 5.97 Å². The van der Waals surface area contributed by atoms with Crippen LogP contribution in [0.25, 0.3) is 0 Å². The topological polar surface area (TPSA) is 26.3 Å². The zero-order chi connectivity index (χ0) is 30.6. The van der Waals surface area contributed by atoms with Crippen LogP contribution in [-0.4, -0.2) is 17.4 Å². The summed E-state index contributed by atoms with van der Waals surface area (Å²) in [6.45, 7) is 5.15. The summed E-state index contributed by atoms with van der Waals surface area (Å²) >= 11 is 5.45. The van der Waals surface area contributed by atoms with Crippen molar-refractivity contribution in [3.05, 3.63) is 0 Å². The molecule has 0 saturated carbocycles. The van der Waals surface area contributed by atoms with Gasteiger partial charge in [-0.3, -0.25) is 4.79 Å². The lowest BCUT2D eigenvalue weighted by Gasteiger charge is -2.07. The zero-order valence-corrected chi connectivity index (χ0v) is 29.8. The van der Waals surface area contributed by atoms with Crippen molar-refractivity contribution in [2.75, 3.05) is 6.61 Å². The minimum atomic E-state index is -0.113. The van der Waals surface area contributed by atoms with Gasteiger partial charge in [0.05, 0.1) is 13.0 Å². The van der Waals surface area contributed by atoms with Crippen LogP contribution in [0.4, 0.5) is 0 Å². The summed E-state index contributed by atoms with van der Waals surface area (Å²) in [5.41, 5.74) is 0. The van der Waals surface area contributed by atoms with Crippen molar-refractivity contribution in [3.8, 4) is 0 Å². The maximum absolute atomic E-state index is 12.1. The molecule has 0 aliphatic heterocycles. The fourth-order valence-electron chi connectivity index (χ4n) is 6.01. The molecule has 0 atom stereocenters. The molecule has 0 aromatic heterocycles. The molecule has 0 rings (SSSR count). The van der Waals surface area contributed by atoms with E-state index in [9.17, 15) is 4.79 Å². The van der Waals surface area contributed by atoms with E-state index in [2.05, 4.69) is 13.8 Å². The smallest absolute Gasteiger partial charge is 0.310 e. The average molecular weight is 609 g/mol. The Kier molecular flexibility index (Phi) is 36.4. The molecule has 0 spiro atoms. The van der Waals surface area contributed by atoms with E-state index in [0.29, 0.717) is 13.0 Å². The van der Waals surface area contributed by atoms with Crippen LogP contribution >= 0.6 is 12.2 Å². The van der Waals surface area contributed by atoms with E-state index in [4.69, 9.17) is 17.0 Å². The lowest BCUT2D eigenvalue weighted by molar-refractivity contribution is -0.142. The molecule has 0 aliphatic rings. The van der Waals surface area contributed by atoms with Crippen LogP contribution in [-0.2, 0) is 9.53 Å². The molecule has 250 valence electrons. The third kappa shape index (κ3) is 35.8. The second-order valence-electron chi connectivity index (χ2n) is 13.3. The third-order valence-electron chi connectivity index (χ3n) is 8.91. The molecule has 0 heterocycles. The van der Waals surface area contributed by atoms with E-state index in [1.54, 1.807) is 0 Å². The number of hydrogen-bond acceptors (Lipinski definition) is 3. The Hall–Kier alpha value is -0.440. The summed E-state index contributed by atoms with van der Waals surface area (Å²) in [4.78, 5) is 13.0. The van der Waals surface area contributed by atoms with Gasteiger partial charge >= 0.3 is 5.97 Å². The summed E-state index contributed by atoms with van der Waals surface area (Å²) < 4.78 is 5.44. The van der Waals surface area contributed by atoms with Crippen LogP contribution < -0.4 is 0 Å². The monoisotopic (exact) mass is 609 g/mol. The molecule has 0 saturated heterocycles. The van der Waals surface area contributed by atoms with Crippen LogP contribution in [0.1, 0.15) is 232 Å². The summed E-state index contributed by atoms with van der Waals surface area (Å²) in [5.74, 6) is -0.113. The predicted molar refractivity (Wildman–Crippen MR) is 192 cm³/mol. The Morgan fingerprint density at radius 1 is 0.405 bits per heavy atom. The molecule has 0 aromatic carbocycles. The summed E-state index contributed by atoms with van der Waals surface area (Å²) in [6, 6.07) is 0. The molecule has 3 heteroatoms. The van der Waals surface area contributed by atoms with Crippen molar-refractivity contribution < 1.29 is 9.53 Å². The first kappa shape index (κ1) is 41.6. The quantitative estimate of drug-likeness (QED) is 0.0402. The van der Waals surface area contributed by atoms with Gasteiger partial charge in [0.1, 0.15) is 0 Å². The number of carbonyl (C=O) groups excluding carboxylic acids is 1. The number of ether oxygens (including phenoxy) is 1. The van der Waals surface area contributed by atoms with Gasteiger partial charge in [-0.2, -0.15) is 0 Å². The number of carbonyl (C=O) groups is 1. The Morgan fingerprint density at radius 2 is 0.667 bits per heavy atom. The van der Waals surface area contributed by atoms with Crippen molar-refractivity contribution in [2.24, 2.45) is 0 Å². The van der Waals surface area contributed by atoms with Gasteiger partial charge in [-0.25, -0.2) is 0 Å². The van der Waals surface area contributed by atoms with Gasteiger partial charge in [0.2, 0.25) is 0 Å². The van der Waals surface area contributed by atoms with Crippen LogP contribution in [0.5, 0.6) is 0 Å². The number of esters is 1. The molecule has 0 aliphatic carbocycles. The summed E-state index contributed by atoms with van der Waals surface area (Å²) in [5, 5.41) is 0. The number of rotatable bonds is 36. The molecule has 0 aromatic rings. The fraction of sp³-hybridized carbons (Fsp3) is 0.949. The Balaban J connectivity index is 3.26. The molecule has 0 unspecified atom stereocenters. The van der Waals surface area contributed by atoms with Crippen LogP contribution in [0.2, 0.25) is 0 Å². The SMILES string of the molecule is CCCCCCCCCCCCCCCCCCOC(=O)CC(=S)CCCCCCCCCCCCCCCCCC. The van der Waals surface area contributed by atoms with Crippen molar-refractivity contribution in [1.29, 1.82) is 0 Å². The minimum absolute atomic E-state index is 0.113. The number of unbranched alkanes of at least 4 members (excludes halogenated alkanes) is 30. The fourth-order valence-corrected chi connectivity index (χ4v) is 6.27. The molecule has 42 heavy (non-hydrogen) atoms. The molecule has 2 nitrogen and oxygen atoms in total. The first-order valence-electron chi connectivity index (χ1n) is 19.4. The molecular formula is C39H76O2S. The summed E-state index contributed by atoms with van der Waals surface area (Å²) in [6.07, 6.45) is 45.1. The van der Waals surface area contributed by atoms with Crippen molar-refractivity contribution >= 4 is 23.1 Å². The van der Waals surface area contributed by atoms with Gasteiger partial charge in [-0.05, 0) is 19.3 Å². The van der Waals surface area contributed by atoms with Gasteiger partial charge in [0.15, 0.2) is 0 Å². The van der Waals surface area contributed by atoms with Gasteiger partial charge < -0.3 is 4.74 Å². The predicted octanol–water partition coefficient (Wildman–Crippen LogP) is 14.2. The van der Waals surface area contributed by atoms with Crippen LogP contribution in [0.3, 0.4) is 0 Å². The molecular weight excluding hydrogens is 532 g/mol. The molecule has 0 N–H and O–H groups in total. The Morgan fingerprint density at radius 3 is 0.976 bits per heavy atom. The van der Waals surface area contributed by atoms with E-state index in [1.165, 1.54) is 193 Å². The number of thiocarbonyl (C=S) groups is 1. The maximum atomic E-state index is 12.1. The lowest BCUT2D eigenvalue weighted by Crippen LogP contribution is -2.10. The highest BCUT2D eigenvalue weighted by Crippen LogP contribution is 2.16. The largest absolute Gasteiger partial charge is 0.465 e. The normalized spacial score (nSPS) is 11.3. The molecule has 0 amide bonds. The van der Waals surface area contributed by atoms with E-state index < -0.39 is 0 Å². The maximum Gasteiger partial charge on any atom is 0.310 e. The van der Waals surface area contributed by atoms with Gasteiger partial charge in [-0.15, -0.1) is 0 Å². The van der Waals surface area contributed by atoms with Crippen molar-refractivity contribution in [3.63, 3.8) is 0 Å². The highest BCUT2D eigenvalue weighted by molar-refractivity contribution is 7.80. The van der Waals surface area contributed by atoms with Crippen molar-refractivity contribution in [2.45, 2.75) is 232 Å². The average Bonchev–Trinajstić information content (AvgIpc) is 2.98. The highest BCUT2D eigenvalue weighted by atomic mass is 32.1. The van der Waals surface area contributed by atoms with Crippen LogP contribution in [0.15, 0.2) is 0 Å². The third-order valence-corrected chi connectivity index (χ3v) is 9.26. The van der Waals surface area contributed by atoms with E-state index in [1.807, 2.05) is 0 Å². The van der Waals surface area contributed by atoms with Crippen molar-refractivity contribution in [1.82, 2.24) is 0 Å². The first-order valence-corrected chi connectivity index (χ1v) is 19.8. The van der Waals surface area contributed by atoms with E-state index in [0.717, 1.165) is 24.1 Å². The molecule has 0 radical (unpaired) electrons. The standard InChI is InChI=1S/C39H76O2S/c1-3-5-7-9-11-13-15-17-19-21-23-25-27-29-31-33-35-38(42)37-39(40)41-36-34-32-30-28-26-24-22-20-18-16-14-12-10-8-6-4-2/h3-37H2,1-2H3. The van der Waals surface area contributed by atoms with Gasteiger partial charge in [0.25, 0.3) is 0 Å². The zero-order valence-electron chi connectivity index (χ0n) is 29.0. The number of hydrogen-bond donors (Lipinski definition) is 0. The Bertz CT molecular complexity index is 547. The summed E-state index contributed by atoms with van der Waals surface area (Å²) in [7, 11) is 0. The Labute approximate surface area is 270 Å². The molecule has 0 fully saturated rings.